The number of tetrazole rings is 1. The van der Waals surface area contributed by atoms with Gasteiger partial charge in [0.2, 0.25) is 0 Å². The smallest absolute Gasteiger partial charge is 0.253 e. The van der Waals surface area contributed by atoms with E-state index in [2.05, 4.69) is 72.6 Å². The summed E-state index contributed by atoms with van der Waals surface area (Å²) in [5, 5.41) is 12.3. The highest BCUT2D eigenvalue weighted by atomic mass is 16.2. The molecule has 6 heteroatoms. The van der Waals surface area contributed by atoms with Gasteiger partial charge in [0.1, 0.15) is 0 Å². The number of carbonyl (C=O) groups excluding carboxylic acids is 1. The lowest BCUT2D eigenvalue weighted by Gasteiger charge is -2.32. The van der Waals surface area contributed by atoms with Crippen molar-refractivity contribution in [3.63, 3.8) is 0 Å². The average molecular weight is 404 g/mol. The molecule has 1 aliphatic rings. The van der Waals surface area contributed by atoms with Crippen LogP contribution in [0.15, 0.2) is 54.6 Å². The highest BCUT2D eigenvalue weighted by Gasteiger charge is 2.31. The first-order valence-electron chi connectivity index (χ1n) is 10.5. The Hall–Kier alpha value is -3.02. The maximum absolute atomic E-state index is 13.0. The normalized spacial score (nSPS) is 17.9. The lowest BCUT2D eigenvalue weighted by Crippen LogP contribution is -2.28. The molecule has 2 atom stereocenters. The minimum absolute atomic E-state index is 0.0682. The van der Waals surface area contributed by atoms with Crippen LogP contribution < -0.4 is 0 Å². The van der Waals surface area contributed by atoms with Crippen molar-refractivity contribution in [2.45, 2.75) is 39.0 Å². The van der Waals surface area contributed by atoms with E-state index < -0.39 is 0 Å². The molecule has 0 bridgehead atoms. The van der Waals surface area contributed by atoms with Crippen LogP contribution >= 0.6 is 0 Å². The number of aryl methyl sites for hydroxylation is 1. The van der Waals surface area contributed by atoms with Crippen molar-refractivity contribution in [3.8, 4) is 0 Å². The van der Waals surface area contributed by atoms with Gasteiger partial charge in [0, 0.05) is 30.5 Å². The van der Waals surface area contributed by atoms with Crippen LogP contribution in [0.25, 0.3) is 0 Å². The van der Waals surface area contributed by atoms with Crippen LogP contribution in [0.2, 0.25) is 0 Å². The van der Waals surface area contributed by atoms with Gasteiger partial charge in [-0.1, -0.05) is 63.2 Å². The predicted molar refractivity (Wildman–Crippen MR) is 116 cm³/mol. The quantitative estimate of drug-likeness (QED) is 0.660. The zero-order chi connectivity index (χ0) is 21.3. The highest BCUT2D eigenvalue weighted by Crippen LogP contribution is 2.40. The molecular formula is C24H29N5O. The van der Waals surface area contributed by atoms with Crippen molar-refractivity contribution in [2.24, 2.45) is 12.5 Å². The summed E-state index contributed by atoms with van der Waals surface area (Å²) in [4.78, 5) is 16.4. The molecule has 2 unspecified atom stereocenters. The molecule has 1 saturated heterocycles. The topological polar surface area (TPSA) is 63.9 Å². The molecule has 6 nitrogen and oxygen atoms in total. The number of amides is 1. The number of nitrogens with zero attached hydrogens (tertiary/aromatic N) is 5. The van der Waals surface area contributed by atoms with Crippen molar-refractivity contribution in [2.75, 3.05) is 13.1 Å². The molecule has 156 valence electrons. The zero-order valence-corrected chi connectivity index (χ0v) is 18.1. The number of hydrogen-bond acceptors (Lipinski definition) is 4. The zero-order valence-electron chi connectivity index (χ0n) is 18.1. The van der Waals surface area contributed by atoms with Gasteiger partial charge >= 0.3 is 0 Å². The lowest BCUT2D eigenvalue weighted by molar-refractivity contribution is 0.0790. The van der Waals surface area contributed by atoms with Crippen LogP contribution in [0.4, 0.5) is 0 Å². The van der Waals surface area contributed by atoms with Gasteiger partial charge in [0.25, 0.3) is 5.91 Å². The van der Waals surface area contributed by atoms with Crippen molar-refractivity contribution in [3.05, 3.63) is 77.1 Å². The van der Waals surface area contributed by atoms with E-state index in [0.717, 1.165) is 24.4 Å². The van der Waals surface area contributed by atoms with E-state index in [-0.39, 0.29) is 23.2 Å². The fraction of sp³-hybridized carbons (Fsp3) is 0.417. The fourth-order valence-electron chi connectivity index (χ4n) is 4.46. The molecule has 2 aromatic carbocycles. The maximum Gasteiger partial charge on any atom is 0.253 e. The first-order chi connectivity index (χ1) is 14.3. The van der Waals surface area contributed by atoms with Crippen molar-refractivity contribution >= 4 is 5.91 Å². The molecule has 30 heavy (non-hydrogen) atoms. The molecule has 0 radical (unpaired) electrons. The van der Waals surface area contributed by atoms with E-state index in [1.807, 2.05) is 23.1 Å². The Balaban J connectivity index is 1.51. The predicted octanol–water partition coefficient (Wildman–Crippen LogP) is 4.02. The summed E-state index contributed by atoms with van der Waals surface area (Å²) in [6, 6.07) is 18.7. The number of carbonyl (C=O) groups is 1. The molecule has 2 heterocycles. The van der Waals surface area contributed by atoms with Crippen LogP contribution in [0, 0.1) is 5.41 Å². The van der Waals surface area contributed by atoms with Crippen LogP contribution in [0.3, 0.4) is 0 Å². The van der Waals surface area contributed by atoms with E-state index in [4.69, 9.17) is 0 Å². The van der Waals surface area contributed by atoms with E-state index in [0.29, 0.717) is 6.54 Å². The van der Waals surface area contributed by atoms with E-state index >= 15 is 0 Å². The van der Waals surface area contributed by atoms with Gasteiger partial charge in [0.15, 0.2) is 5.82 Å². The van der Waals surface area contributed by atoms with Gasteiger partial charge in [-0.15, -0.1) is 10.2 Å². The van der Waals surface area contributed by atoms with Crippen molar-refractivity contribution in [1.29, 1.82) is 0 Å². The summed E-state index contributed by atoms with van der Waals surface area (Å²) < 4.78 is 0. The Labute approximate surface area is 177 Å². The molecule has 0 spiro atoms. The summed E-state index contributed by atoms with van der Waals surface area (Å²) in [6.45, 7) is 8.14. The van der Waals surface area contributed by atoms with Gasteiger partial charge in [-0.05, 0) is 40.3 Å². The Morgan fingerprint density at radius 3 is 2.30 bits per heavy atom. The number of hydrogen-bond donors (Lipinski definition) is 0. The Morgan fingerprint density at radius 2 is 1.70 bits per heavy atom. The monoisotopic (exact) mass is 403 g/mol. The fourth-order valence-corrected chi connectivity index (χ4v) is 4.46. The van der Waals surface area contributed by atoms with Crippen molar-refractivity contribution < 1.29 is 4.79 Å². The van der Waals surface area contributed by atoms with Crippen LogP contribution in [0.1, 0.15) is 66.3 Å². The van der Waals surface area contributed by atoms with Crippen LogP contribution in [0.5, 0.6) is 0 Å². The summed E-state index contributed by atoms with van der Waals surface area (Å²) in [5.41, 5.74) is 3.32. The Kier molecular flexibility index (Phi) is 5.41. The Morgan fingerprint density at radius 1 is 1.03 bits per heavy atom. The van der Waals surface area contributed by atoms with E-state index in [1.54, 1.807) is 7.05 Å². The molecule has 1 aromatic heterocycles. The second kappa shape index (κ2) is 8.01. The van der Waals surface area contributed by atoms with Gasteiger partial charge in [-0.3, -0.25) is 4.79 Å². The third kappa shape index (κ3) is 4.13. The van der Waals surface area contributed by atoms with Gasteiger partial charge in [0.05, 0.1) is 7.05 Å². The highest BCUT2D eigenvalue weighted by molar-refractivity contribution is 5.94. The summed E-state index contributed by atoms with van der Waals surface area (Å²) in [7, 11) is 1.76. The number of likely N-dealkylation sites (tertiary alicyclic amines) is 1. The third-order valence-corrected chi connectivity index (χ3v) is 5.85. The maximum atomic E-state index is 13.0. The first kappa shape index (κ1) is 20.3. The molecule has 4 rings (SSSR count). The average Bonchev–Trinajstić information content (AvgIpc) is 3.37. The van der Waals surface area contributed by atoms with Gasteiger partial charge in [-0.25, -0.2) is 0 Å². The minimum Gasteiger partial charge on any atom is -0.338 e. The summed E-state index contributed by atoms with van der Waals surface area (Å²) >= 11 is 0. The Bertz CT molecular complexity index is 1000. The molecule has 0 N–H and O–H groups in total. The second-order valence-electron chi connectivity index (χ2n) is 9.21. The molecule has 1 amide bonds. The number of rotatable bonds is 4. The minimum atomic E-state index is 0.0682. The standard InChI is InChI=1S/C24H29N5O/c1-24(2,3)21(17-8-6-5-7-9-17)18-10-12-19(13-11-18)23(30)29-15-14-20(16-29)22-25-27-28(4)26-22/h5-13,20-21H,14-16H2,1-4H3. The summed E-state index contributed by atoms with van der Waals surface area (Å²) in [5.74, 6) is 1.21. The molecule has 0 saturated carbocycles. The molecule has 1 fully saturated rings. The lowest BCUT2D eigenvalue weighted by atomic mass is 9.72. The molecule has 0 aliphatic carbocycles. The van der Waals surface area contributed by atoms with E-state index in [9.17, 15) is 4.79 Å². The van der Waals surface area contributed by atoms with E-state index in [1.165, 1.54) is 15.9 Å². The van der Waals surface area contributed by atoms with Crippen LogP contribution in [-0.4, -0.2) is 44.1 Å². The summed E-state index contributed by atoms with van der Waals surface area (Å²) in [6.07, 6.45) is 0.871. The second-order valence-corrected chi connectivity index (χ2v) is 9.21. The first-order valence-corrected chi connectivity index (χ1v) is 10.5. The third-order valence-electron chi connectivity index (χ3n) is 5.85. The van der Waals surface area contributed by atoms with Gasteiger partial charge in [-0.2, -0.15) is 4.80 Å². The molecule has 1 aliphatic heterocycles. The van der Waals surface area contributed by atoms with Gasteiger partial charge < -0.3 is 4.90 Å². The molecular weight excluding hydrogens is 374 g/mol. The SMILES string of the molecule is Cn1nnc(C2CCN(C(=O)c3ccc(C(c4ccccc4)C(C)(C)C)cc3)C2)n1. The largest absolute Gasteiger partial charge is 0.338 e. The molecule has 3 aromatic rings. The van der Waals surface area contributed by atoms with Crippen LogP contribution in [-0.2, 0) is 7.05 Å². The van der Waals surface area contributed by atoms with Crippen molar-refractivity contribution in [1.82, 2.24) is 25.1 Å². The number of aromatic nitrogens is 4. The number of benzene rings is 2.